The highest BCUT2D eigenvalue weighted by Crippen LogP contribution is 2.25. The summed E-state index contributed by atoms with van der Waals surface area (Å²) in [6, 6.07) is 13.5. The zero-order valence-corrected chi connectivity index (χ0v) is 19.2. The van der Waals surface area contributed by atoms with Gasteiger partial charge in [0.1, 0.15) is 0 Å². The van der Waals surface area contributed by atoms with E-state index >= 15 is 0 Å². The molecule has 0 spiro atoms. The van der Waals surface area contributed by atoms with Crippen LogP contribution in [0.2, 0.25) is 5.02 Å². The fourth-order valence-corrected chi connectivity index (χ4v) is 4.71. The summed E-state index contributed by atoms with van der Waals surface area (Å²) >= 11 is 5.98. The summed E-state index contributed by atoms with van der Waals surface area (Å²) in [6.07, 6.45) is 3.27. The van der Waals surface area contributed by atoms with E-state index in [0.717, 1.165) is 24.2 Å². The average molecular weight is 474 g/mol. The first-order chi connectivity index (χ1) is 15.2. The second kappa shape index (κ2) is 8.93. The molecule has 1 aliphatic carbocycles. The van der Waals surface area contributed by atoms with E-state index in [4.69, 9.17) is 11.6 Å². The Morgan fingerprint density at radius 1 is 1.09 bits per heavy atom. The zero-order valence-electron chi connectivity index (χ0n) is 17.7. The minimum atomic E-state index is -3.51. The third kappa shape index (κ3) is 4.95. The molecule has 1 saturated carbocycles. The molecule has 3 N–H and O–H groups in total. The highest BCUT2D eigenvalue weighted by Gasteiger charge is 2.28. The lowest BCUT2D eigenvalue weighted by Crippen LogP contribution is -2.30. The van der Waals surface area contributed by atoms with Crippen LogP contribution in [0.5, 0.6) is 0 Å². The number of nitrogens with one attached hydrogen (secondary N) is 3. The lowest BCUT2D eigenvalue weighted by Gasteiger charge is -2.14. The highest BCUT2D eigenvalue weighted by atomic mass is 35.5. The number of carbonyl (C=O) groups excluding carboxylic acids is 1. The number of hydrazine groups is 1. The van der Waals surface area contributed by atoms with Crippen molar-refractivity contribution in [1.29, 1.82) is 0 Å². The van der Waals surface area contributed by atoms with Crippen molar-refractivity contribution < 1.29 is 13.2 Å². The van der Waals surface area contributed by atoms with Gasteiger partial charge >= 0.3 is 0 Å². The van der Waals surface area contributed by atoms with E-state index in [2.05, 4.69) is 20.7 Å². The van der Waals surface area contributed by atoms with Gasteiger partial charge < -0.3 is 0 Å². The van der Waals surface area contributed by atoms with E-state index in [1.54, 1.807) is 28.9 Å². The molecule has 3 aromatic rings. The van der Waals surface area contributed by atoms with Crippen molar-refractivity contribution in [3.05, 3.63) is 71.0 Å². The predicted molar refractivity (Wildman–Crippen MR) is 124 cm³/mol. The molecule has 168 valence electrons. The zero-order chi connectivity index (χ0) is 22.9. The Morgan fingerprint density at radius 3 is 2.34 bits per heavy atom. The van der Waals surface area contributed by atoms with Gasteiger partial charge in [-0.05, 0) is 67.3 Å². The Morgan fingerprint density at radius 2 is 1.75 bits per heavy atom. The van der Waals surface area contributed by atoms with Crippen LogP contribution in [0.15, 0.2) is 59.6 Å². The van der Waals surface area contributed by atoms with Crippen LogP contribution < -0.4 is 15.6 Å². The van der Waals surface area contributed by atoms with Crippen LogP contribution in [0.1, 0.15) is 48.7 Å². The van der Waals surface area contributed by atoms with Gasteiger partial charge in [0, 0.05) is 11.1 Å². The molecule has 0 atom stereocenters. The summed E-state index contributed by atoms with van der Waals surface area (Å²) in [7, 11) is -3.51. The molecular formula is C22H24ClN5O3S. The van der Waals surface area contributed by atoms with Crippen LogP contribution >= 0.6 is 11.6 Å². The molecule has 8 nitrogen and oxygen atoms in total. The number of anilines is 1. The van der Waals surface area contributed by atoms with Gasteiger partial charge in [0.05, 0.1) is 33.7 Å². The molecule has 0 bridgehead atoms. The van der Waals surface area contributed by atoms with Crippen molar-refractivity contribution in [1.82, 2.24) is 19.9 Å². The monoisotopic (exact) mass is 473 g/mol. The van der Waals surface area contributed by atoms with E-state index in [0.29, 0.717) is 16.3 Å². The molecule has 32 heavy (non-hydrogen) atoms. The van der Waals surface area contributed by atoms with Gasteiger partial charge in [0.25, 0.3) is 5.91 Å². The van der Waals surface area contributed by atoms with Crippen LogP contribution in [0.25, 0.3) is 5.69 Å². The Hall–Kier alpha value is -2.88. The number of benzene rings is 2. The van der Waals surface area contributed by atoms with Gasteiger partial charge in [-0.25, -0.2) is 17.8 Å². The summed E-state index contributed by atoms with van der Waals surface area (Å²) in [5.41, 5.74) is 8.05. The smallest absolute Gasteiger partial charge is 0.273 e. The molecule has 1 aliphatic rings. The third-order valence-electron chi connectivity index (χ3n) is 5.05. The number of hydrogen-bond donors (Lipinski definition) is 3. The molecule has 2 aromatic carbocycles. The average Bonchev–Trinajstić information content (AvgIpc) is 3.45. The molecule has 1 aromatic heterocycles. The number of carbonyl (C=O) groups is 1. The number of aromatic nitrogens is 2. The summed E-state index contributed by atoms with van der Waals surface area (Å²) < 4.78 is 28.9. The number of amides is 1. The summed E-state index contributed by atoms with van der Waals surface area (Å²) in [4.78, 5) is 13.0. The largest absolute Gasteiger partial charge is 0.298 e. The predicted octanol–water partition coefficient (Wildman–Crippen LogP) is 3.85. The molecule has 0 saturated heterocycles. The van der Waals surface area contributed by atoms with Crippen LogP contribution in [0.3, 0.4) is 0 Å². The van der Waals surface area contributed by atoms with Crippen molar-refractivity contribution in [2.75, 3.05) is 5.43 Å². The summed E-state index contributed by atoms with van der Waals surface area (Å²) in [5, 5.41) is 5.01. The van der Waals surface area contributed by atoms with Gasteiger partial charge in [-0.15, -0.1) is 0 Å². The van der Waals surface area contributed by atoms with Crippen LogP contribution in [0, 0.1) is 0 Å². The normalized spacial score (nSPS) is 13.9. The van der Waals surface area contributed by atoms with Crippen molar-refractivity contribution in [3.8, 4) is 5.69 Å². The minimum absolute atomic E-state index is 0.0392. The first-order valence-corrected chi connectivity index (χ1v) is 12.1. The standard InChI is InChI=1S/C22H24ClN5O3S/c1-14(2)21-20(13-24-28(21)18-9-3-15(23)4-10-18)22(29)26-25-16-7-11-19(12-8-16)32(30,31)27-17-5-6-17/h3-4,7-14,17,25,27H,5-6H2,1-2H3,(H,26,29). The molecule has 1 amide bonds. The summed E-state index contributed by atoms with van der Waals surface area (Å²) in [6.45, 7) is 3.98. The molecule has 0 radical (unpaired) electrons. The SMILES string of the molecule is CC(C)c1c(C(=O)NNc2ccc(S(=O)(=O)NC3CC3)cc2)cnn1-c1ccc(Cl)cc1. The van der Waals surface area contributed by atoms with Gasteiger partial charge in [-0.1, -0.05) is 25.4 Å². The van der Waals surface area contributed by atoms with Crippen LogP contribution in [0.4, 0.5) is 5.69 Å². The van der Waals surface area contributed by atoms with Crippen LogP contribution in [-0.4, -0.2) is 30.1 Å². The fraction of sp³-hybridized carbons (Fsp3) is 0.273. The fourth-order valence-electron chi connectivity index (χ4n) is 3.28. The molecule has 0 unspecified atom stereocenters. The third-order valence-corrected chi connectivity index (χ3v) is 6.84. The van der Waals surface area contributed by atoms with Crippen molar-refractivity contribution in [3.63, 3.8) is 0 Å². The first-order valence-electron chi connectivity index (χ1n) is 10.3. The number of nitrogens with zero attached hydrogens (tertiary/aromatic N) is 2. The quantitative estimate of drug-likeness (QED) is 0.431. The maximum atomic E-state index is 12.8. The molecule has 1 heterocycles. The first kappa shape index (κ1) is 22.3. The van der Waals surface area contributed by atoms with Gasteiger partial charge in [0.2, 0.25) is 10.0 Å². The lowest BCUT2D eigenvalue weighted by atomic mass is 10.1. The van der Waals surface area contributed by atoms with Crippen molar-refractivity contribution in [2.45, 2.75) is 43.5 Å². The Bertz CT molecular complexity index is 1220. The van der Waals surface area contributed by atoms with E-state index in [9.17, 15) is 13.2 Å². The van der Waals surface area contributed by atoms with Gasteiger partial charge in [0.15, 0.2) is 0 Å². The molecule has 10 heteroatoms. The van der Waals surface area contributed by atoms with E-state index < -0.39 is 10.0 Å². The van der Waals surface area contributed by atoms with Gasteiger partial charge in [-0.3, -0.25) is 15.6 Å². The Kier molecular flexibility index (Phi) is 6.23. The number of sulfonamides is 1. The van der Waals surface area contributed by atoms with Crippen molar-refractivity contribution >= 4 is 33.2 Å². The number of rotatable bonds is 8. The maximum absolute atomic E-state index is 12.8. The number of halogens is 1. The van der Waals surface area contributed by atoms with E-state index in [1.807, 2.05) is 26.0 Å². The minimum Gasteiger partial charge on any atom is -0.298 e. The Balaban J connectivity index is 1.46. The topological polar surface area (TPSA) is 105 Å². The summed E-state index contributed by atoms with van der Waals surface area (Å²) in [5.74, 6) is -0.307. The molecule has 4 rings (SSSR count). The molecule has 0 aliphatic heterocycles. The van der Waals surface area contributed by atoms with Gasteiger partial charge in [-0.2, -0.15) is 5.10 Å². The second-order valence-electron chi connectivity index (χ2n) is 7.99. The maximum Gasteiger partial charge on any atom is 0.273 e. The Labute approximate surface area is 192 Å². The second-order valence-corrected chi connectivity index (χ2v) is 10.1. The van der Waals surface area contributed by atoms with Crippen molar-refractivity contribution in [2.24, 2.45) is 0 Å². The highest BCUT2D eigenvalue weighted by molar-refractivity contribution is 7.89. The molecular weight excluding hydrogens is 450 g/mol. The van der Waals surface area contributed by atoms with Crippen LogP contribution in [-0.2, 0) is 10.0 Å². The number of hydrogen-bond acceptors (Lipinski definition) is 5. The molecule has 1 fully saturated rings. The lowest BCUT2D eigenvalue weighted by molar-refractivity contribution is 0.0961. The van der Waals surface area contributed by atoms with E-state index in [-0.39, 0.29) is 22.8 Å². The van der Waals surface area contributed by atoms with E-state index in [1.165, 1.54) is 18.3 Å².